The molecule has 2 atom stereocenters. The second kappa shape index (κ2) is 7.80. The summed E-state index contributed by atoms with van der Waals surface area (Å²) in [5.41, 5.74) is 0.658. The molecule has 8 heteroatoms. The highest BCUT2D eigenvalue weighted by molar-refractivity contribution is 6.32. The molecule has 0 radical (unpaired) electrons. The van der Waals surface area contributed by atoms with Gasteiger partial charge >= 0.3 is 0 Å². The molecule has 3 rings (SSSR count). The van der Waals surface area contributed by atoms with Gasteiger partial charge in [0.25, 0.3) is 5.91 Å². The average molecular weight is 379 g/mol. The van der Waals surface area contributed by atoms with E-state index in [1.807, 2.05) is 0 Å². The van der Waals surface area contributed by atoms with Crippen molar-refractivity contribution in [3.05, 3.63) is 52.9 Å². The number of carbonyl (C=O) groups excluding carboxylic acids is 2. The van der Waals surface area contributed by atoms with E-state index in [0.717, 1.165) is 0 Å². The topological polar surface area (TPSA) is 103 Å². The first-order valence-corrected chi connectivity index (χ1v) is 8.58. The zero-order valence-corrected chi connectivity index (χ0v) is 14.6. The second-order valence-electron chi connectivity index (χ2n) is 6.30. The maximum Gasteiger partial charge on any atom is 0.289 e. The SMILES string of the molecule is O=C(Cc1ccc(O)c(Cl)c1)N[C@H]1C[C@@H](O)CN(C(=O)c2ccco2)C1. The maximum atomic E-state index is 12.4. The molecule has 26 heavy (non-hydrogen) atoms. The van der Waals surface area contributed by atoms with E-state index in [1.54, 1.807) is 18.2 Å². The highest BCUT2D eigenvalue weighted by Gasteiger charge is 2.31. The van der Waals surface area contributed by atoms with Crippen LogP contribution in [-0.2, 0) is 11.2 Å². The second-order valence-corrected chi connectivity index (χ2v) is 6.71. The lowest BCUT2D eigenvalue weighted by Crippen LogP contribution is -2.54. The van der Waals surface area contributed by atoms with Crippen LogP contribution in [0, 0.1) is 0 Å². The molecule has 2 heterocycles. The zero-order chi connectivity index (χ0) is 18.7. The van der Waals surface area contributed by atoms with Crippen LogP contribution in [0.2, 0.25) is 5.02 Å². The first-order chi connectivity index (χ1) is 12.4. The number of aromatic hydroxyl groups is 1. The van der Waals surface area contributed by atoms with E-state index in [-0.39, 0.29) is 47.4 Å². The van der Waals surface area contributed by atoms with Gasteiger partial charge in [0.2, 0.25) is 5.91 Å². The molecule has 1 aliphatic heterocycles. The molecule has 1 saturated heterocycles. The largest absolute Gasteiger partial charge is 0.506 e. The minimum Gasteiger partial charge on any atom is -0.506 e. The lowest BCUT2D eigenvalue weighted by Gasteiger charge is -2.35. The molecule has 1 aromatic heterocycles. The van der Waals surface area contributed by atoms with Gasteiger partial charge < -0.3 is 24.8 Å². The van der Waals surface area contributed by atoms with Crippen LogP contribution in [0.15, 0.2) is 41.0 Å². The fraction of sp³-hybridized carbons (Fsp3) is 0.333. The highest BCUT2D eigenvalue weighted by Crippen LogP contribution is 2.24. The summed E-state index contributed by atoms with van der Waals surface area (Å²) in [6.45, 7) is 0.484. The number of β-amino-alcohol motifs (C(OH)–C–C–N with tert-alkyl or cyclic N) is 1. The summed E-state index contributed by atoms with van der Waals surface area (Å²) in [5, 5.41) is 22.5. The number of phenolic OH excluding ortho intramolecular Hbond substituents is 1. The summed E-state index contributed by atoms with van der Waals surface area (Å²) in [6.07, 6.45) is 1.13. The fourth-order valence-corrected chi connectivity index (χ4v) is 3.23. The van der Waals surface area contributed by atoms with Crippen molar-refractivity contribution < 1.29 is 24.2 Å². The molecule has 3 N–H and O–H groups in total. The molecule has 0 spiro atoms. The average Bonchev–Trinajstić information content (AvgIpc) is 3.11. The minimum atomic E-state index is -0.726. The molecule has 1 aliphatic rings. The standard InChI is InChI=1S/C18H19ClN2O5/c19-14-6-11(3-4-15(14)23)7-17(24)20-12-8-13(22)10-21(9-12)18(25)16-2-1-5-26-16/h1-6,12-13,22-23H,7-10H2,(H,20,24)/t12-,13+/m0/s1. The maximum absolute atomic E-state index is 12.4. The Hall–Kier alpha value is -2.51. The molecule has 0 aliphatic carbocycles. The Kier molecular flexibility index (Phi) is 5.49. The van der Waals surface area contributed by atoms with Gasteiger partial charge in [-0.1, -0.05) is 17.7 Å². The van der Waals surface area contributed by atoms with Crippen LogP contribution >= 0.6 is 11.6 Å². The monoisotopic (exact) mass is 378 g/mol. The Morgan fingerprint density at radius 2 is 2.12 bits per heavy atom. The molecular weight excluding hydrogens is 360 g/mol. The van der Waals surface area contributed by atoms with Crippen molar-refractivity contribution in [2.75, 3.05) is 13.1 Å². The number of likely N-dealkylation sites (tertiary alicyclic amines) is 1. The number of carbonyl (C=O) groups is 2. The van der Waals surface area contributed by atoms with Gasteiger partial charge in [-0.15, -0.1) is 0 Å². The van der Waals surface area contributed by atoms with Crippen LogP contribution < -0.4 is 5.32 Å². The number of rotatable bonds is 4. The first-order valence-electron chi connectivity index (χ1n) is 8.20. The summed E-state index contributed by atoms with van der Waals surface area (Å²) in [4.78, 5) is 26.1. The van der Waals surface area contributed by atoms with E-state index in [1.165, 1.54) is 23.3 Å². The van der Waals surface area contributed by atoms with Crippen molar-refractivity contribution in [2.24, 2.45) is 0 Å². The van der Waals surface area contributed by atoms with Crippen molar-refractivity contribution in [2.45, 2.75) is 25.0 Å². The molecule has 2 aromatic rings. The number of hydrogen-bond acceptors (Lipinski definition) is 5. The number of hydrogen-bond donors (Lipinski definition) is 3. The Bertz CT molecular complexity index is 793. The van der Waals surface area contributed by atoms with E-state index >= 15 is 0 Å². The predicted octanol–water partition coefficient (Wildman–Crippen LogP) is 1.57. The number of phenols is 1. The van der Waals surface area contributed by atoms with Gasteiger partial charge in [0, 0.05) is 19.1 Å². The van der Waals surface area contributed by atoms with Crippen molar-refractivity contribution in [1.82, 2.24) is 10.2 Å². The van der Waals surface area contributed by atoms with Crippen molar-refractivity contribution in [3.63, 3.8) is 0 Å². The molecule has 2 amide bonds. The summed E-state index contributed by atoms with van der Waals surface area (Å²) in [7, 11) is 0. The highest BCUT2D eigenvalue weighted by atomic mass is 35.5. The van der Waals surface area contributed by atoms with Crippen molar-refractivity contribution in [3.8, 4) is 5.75 Å². The summed E-state index contributed by atoms with van der Waals surface area (Å²) in [5.74, 6) is -0.421. The number of piperidine rings is 1. The molecule has 138 valence electrons. The first kappa shape index (κ1) is 18.3. The number of nitrogens with one attached hydrogen (secondary N) is 1. The minimum absolute atomic E-state index is 0.0432. The Morgan fingerprint density at radius 1 is 1.31 bits per heavy atom. The third kappa shape index (κ3) is 4.36. The van der Waals surface area contributed by atoms with Gasteiger partial charge in [0.1, 0.15) is 5.75 Å². The van der Waals surface area contributed by atoms with Gasteiger partial charge in [-0.2, -0.15) is 0 Å². The zero-order valence-electron chi connectivity index (χ0n) is 13.9. The van der Waals surface area contributed by atoms with Crippen LogP contribution in [0.3, 0.4) is 0 Å². The van der Waals surface area contributed by atoms with Gasteiger partial charge in [0.15, 0.2) is 5.76 Å². The number of furan rings is 1. The molecule has 7 nitrogen and oxygen atoms in total. The number of benzene rings is 1. The number of aliphatic hydroxyl groups is 1. The van der Waals surface area contributed by atoms with Crippen molar-refractivity contribution >= 4 is 23.4 Å². The summed E-state index contributed by atoms with van der Waals surface area (Å²) < 4.78 is 5.11. The third-order valence-corrected chi connectivity index (χ3v) is 4.49. The van der Waals surface area contributed by atoms with Crippen LogP contribution in [0.4, 0.5) is 0 Å². The lowest BCUT2D eigenvalue weighted by molar-refractivity contribution is -0.121. The van der Waals surface area contributed by atoms with Crippen LogP contribution in [-0.4, -0.2) is 52.2 Å². The van der Waals surface area contributed by atoms with Crippen LogP contribution in [0.25, 0.3) is 0 Å². The number of nitrogens with zero attached hydrogens (tertiary/aromatic N) is 1. The molecule has 0 saturated carbocycles. The smallest absolute Gasteiger partial charge is 0.289 e. The molecule has 1 aromatic carbocycles. The van der Waals surface area contributed by atoms with E-state index in [2.05, 4.69) is 5.32 Å². The van der Waals surface area contributed by atoms with E-state index in [4.69, 9.17) is 16.0 Å². The van der Waals surface area contributed by atoms with E-state index in [0.29, 0.717) is 18.5 Å². The molecular formula is C18H19ClN2O5. The Morgan fingerprint density at radius 3 is 2.81 bits per heavy atom. The fourth-order valence-electron chi connectivity index (χ4n) is 3.02. The lowest BCUT2D eigenvalue weighted by atomic mass is 10.0. The number of amides is 2. The third-order valence-electron chi connectivity index (χ3n) is 4.19. The number of aliphatic hydroxyl groups excluding tert-OH is 1. The van der Waals surface area contributed by atoms with E-state index < -0.39 is 6.10 Å². The van der Waals surface area contributed by atoms with Gasteiger partial charge in [-0.25, -0.2) is 0 Å². The molecule has 1 fully saturated rings. The molecule has 0 bridgehead atoms. The Balaban J connectivity index is 1.60. The summed E-state index contributed by atoms with van der Waals surface area (Å²) in [6, 6.07) is 7.39. The van der Waals surface area contributed by atoms with Gasteiger partial charge in [0.05, 0.1) is 23.8 Å². The number of halogens is 1. The Labute approximate surface area is 155 Å². The summed E-state index contributed by atoms with van der Waals surface area (Å²) >= 11 is 5.84. The van der Waals surface area contributed by atoms with Crippen LogP contribution in [0.5, 0.6) is 5.75 Å². The molecule has 0 unspecified atom stereocenters. The van der Waals surface area contributed by atoms with Gasteiger partial charge in [-0.05, 0) is 36.2 Å². The van der Waals surface area contributed by atoms with E-state index in [9.17, 15) is 19.8 Å². The van der Waals surface area contributed by atoms with Gasteiger partial charge in [-0.3, -0.25) is 9.59 Å². The predicted molar refractivity (Wildman–Crippen MR) is 94.0 cm³/mol. The normalized spacial score (nSPS) is 20.0. The quantitative estimate of drug-likeness (QED) is 0.749. The van der Waals surface area contributed by atoms with Crippen LogP contribution in [0.1, 0.15) is 22.5 Å². The van der Waals surface area contributed by atoms with Crippen molar-refractivity contribution in [1.29, 1.82) is 0 Å².